The van der Waals surface area contributed by atoms with Crippen molar-refractivity contribution in [2.24, 2.45) is 0 Å². The first-order valence-corrected chi connectivity index (χ1v) is 6.42. The van der Waals surface area contributed by atoms with Crippen LogP contribution >= 0.6 is 0 Å². The fourth-order valence-electron chi connectivity index (χ4n) is 2.24. The van der Waals surface area contributed by atoms with Gasteiger partial charge in [0.2, 0.25) is 0 Å². The lowest BCUT2D eigenvalue weighted by Crippen LogP contribution is -2.19. The maximum absolute atomic E-state index is 5.86. The highest BCUT2D eigenvalue weighted by Gasteiger charge is 2.17. The minimum atomic E-state index is 0.246. The van der Waals surface area contributed by atoms with Crippen LogP contribution in [0.5, 0.6) is 11.5 Å². The molecule has 0 spiro atoms. The average molecular weight is 259 g/mol. The number of rotatable bonds is 4. The minimum Gasteiger partial charge on any atom is -0.494 e. The summed E-state index contributed by atoms with van der Waals surface area (Å²) in [6.07, 6.45) is 4.91. The third-order valence-corrected chi connectivity index (χ3v) is 3.21. The molecule has 2 aromatic rings. The predicted molar refractivity (Wildman–Crippen MR) is 72.0 cm³/mol. The fraction of sp³-hybridized carbons (Fsp3) is 0.357. The van der Waals surface area contributed by atoms with Gasteiger partial charge in [0.15, 0.2) is 5.75 Å². The molecular weight excluding hydrogens is 242 g/mol. The minimum absolute atomic E-state index is 0.246. The van der Waals surface area contributed by atoms with E-state index in [1.807, 2.05) is 30.5 Å². The molecular formula is C14H17N3O2. The van der Waals surface area contributed by atoms with Gasteiger partial charge < -0.3 is 14.8 Å². The second kappa shape index (κ2) is 5.32. The molecule has 0 aliphatic carbocycles. The number of hydrogen-bond acceptors (Lipinski definition) is 4. The Morgan fingerprint density at radius 3 is 3.05 bits per heavy atom. The largest absolute Gasteiger partial charge is 0.494 e. The van der Waals surface area contributed by atoms with Crippen LogP contribution in [0.3, 0.4) is 0 Å². The van der Waals surface area contributed by atoms with E-state index in [1.165, 1.54) is 0 Å². The molecule has 1 N–H and O–H groups in total. The fourth-order valence-corrected chi connectivity index (χ4v) is 2.24. The summed E-state index contributed by atoms with van der Waals surface area (Å²) in [6.45, 7) is 1.92. The van der Waals surface area contributed by atoms with E-state index in [0.717, 1.165) is 36.7 Å². The third kappa shape index (κ3) is 2.56. The van der Waals surface area contributed by atoms with Crippen molar-refractivity contribution in [1.29, 1.82) is 0 Å². The molecule has 19 heavy (non-hydrogen) atoms. The van der Waals surface area contributed by atoms with Crippen molar-refractivity contribution in [2.45, 2.75) is 12.5 Å². The lowest BCUT2D eigenvalue weighted by molar-refractivity contribution is 0.223. The Morgan fingerprint density at radius 2 is 2.26 bits per heavy atom. The number of aromatic nitrogens is 2. The van der Waals surface area contributed by atoms with E-state index in [0.29, 0.717) is 0 Å². The first-order valence-electron chi connectivity index (χ1n) is 6.42. The van der Waals surface area contributed by atoms with Crippen LogP contribution in [0.1, 0.15) is 6.42 Å². The normalized spacial score (nSPS) is 18.5. The van der Waals surface area contributed by atoms with Gasteiger partial charge in [-0.3, -0.25) is 0 Å². The SMILES string of the molecule is COc1ccccc1-n1cc(OC2CCNC2)cn1. The highest BCUT2D eigenvalue weighted by Crippen LogP contribution is 2.23. The Balaban J connectivity index is 1.80. The van der Waals surface area contributed by atoms with E-state index in [4.69, 9.17) is 9.47 Å². The molecule has 2 heterocycles. The van der Waals surface area contributed by atoms with Gasteiger partial charge in [-0.25, -0.2) is 4.68 Å². The summed E-state index contributed by atoms with van der Waals surface area (Å²) < 4.78 is 13.0. The van der Waals surface area contributed by atoms with Crippen LogP contribution in [-0.2, 0) is 0 Å². The number of ether oxygens (including phenoxy) is 2. The molecule has 5 heteroatoms. The average Bonchev–Trinajstić information content (AvgIpc) is 3.11. The van der Waals surface area contributed by atoms with Crippen LogP contribution in [-0.4, -0.2) is 36.1 Å². The molecule has 0 bridgehead atoms. The van der Waals surface area contributed by atoms with E-state index >= 15 is 0 Å². The van der Waals surface area contributed by atoms with Crippen LogP contribution < -0.4 is 14.8 Å². The lowest BCUT2D eigenvalue weighted by Gasteiger charge is -2.10. The maximum Gasteiger partial charge on any atom is 0.158 e. The number of benzene rings is 1. The first kappa shape index (κ1) is 12.0. The van der Waals surface area contributed by atoms with Gasteiger partial charge in [0.05, 0.1) is 19.5 Å². The van der Waals surface area contributed by atoms with Crippen molar-refractivity contribution in [3.63, 3.8) is 0 Å². The van der Waals surface area contributed by atoms with Gasteiger partial charge in [-0.1, -0.05) is 12.1 Å². The third-order valence-electron chi connectivity index (χ3n) is 3.21. The Morgan fingerprint density at radius 1 is 1.37 bits per heavy atom. The van der Waals surface area contributed by atoms with E-state index < -0.39 is 0 Å². The molecule has 1 aliphatic heterocycles. The van der Waals surface area contributed by atoms with Crippen LogP contribution in [0.25, 0.3) is 5.69 Å². The molecule has 1 atom stereocenters. The van der Waals surface area contributed by atoms with Gasteiger partial charge in [-0.05, 0) is 25.1 Å². The molecule has 1 fully saturated rings. The Bertz CT molecular complexity index is 547. The van der Waals surface area contributed by atoms with Crippen molar-refractivity contribution in [3.8, 4) is 17.2 Å². The van der Waals surface area contributed by atoms with Crippen molar-refractivity contribution in [2.75, 3.05) is 20.2 Å². The zero-order valence-electron chi connectivity index (χ0n) is 10.9. The first-order chi connectivity index (χ1) is 9.36. The molecule has 5 nitrogen and oxygen atoms in total. The Labute approximate surface area is 112 Å². The van der Waals surface area contributed by atoms with Crippen LogP contribution in [0.15, 0.2) is 36.7 Å². The quantitative estimate of drug-likeness (QED) is 0.906. The summed E-state index contributed by atoms with van der Waals surface area (Å²) in [5, 5.41) is 7.61. The van der Waals surface area contributed by atoms with Crippen LogP contribution in [0.2, 0.25) is 0 Å². The predicted octanol–water partition coefficient (Wildman–Crippen LogP) is 1.62. The monoisotopic (exact) mass is 259 g/mol. The molecule has 1 aromatic carbocycles. The standard InChI is InChI=1S/C14H17N3O2/c1-18-14-5-3-2-4-13(14)17-10-12(9-16-17)19-11-6-7-15-8-11/h2-5,9-11,15H,6-8H2,1H3. The number of nitrogens with one attached hydrogen (secondary N) is 1. The van der Waals surface area contributed by atoms with Gasteiger partial charge in [0.1, 0.15) is 17.5 Å². The zero-order chi connectivity index (χ0) is 13.1. The topological polar surface area (TPSA) is 48.3 Å². The van der Waals surface area contributed by atoms with Gasteiger partial charge >= 0.3 is 0 Å². The van der Waals surface area contributed by atoms with Crippen LogP contribution in [0, 0.1) is 0 Å². The molecule has 0 saturated carbocycles. The van der Waals surface area contributed by atoms with Crippen molar-refractivity contribution in [3.05, 3.63) is 36.7 Å². The van der Waals surface area contributed by atoms with Crippen LogP contribution in [0.4, 0.5) is 0 Å². The zero-order valence-corrected chi connectivity index (χ0v) is 10.9. The highest BCUT2D eigenvalue weighted by atomic mass is 16.5. The van der Waals surface area contributed by atoms with E-state index in [9.17, 15) is 0 Å². The van der Waals surface area contributed by atoms with E-state index in [1.54, 1.807) is 18.0 Å². The summed E-state index contributed by atoms with van der Waals surface area (Å²) in [6, 6.07) is 7.78. The Hall–Kier alpha value is -2.01. The smallest absolute Gasteiger partial charge is 0.158 e. The molecule has 1 saturated heterocycles. The van der Waals surface area contributed by atoms with Gasteiger partial charge in [0.25, 0.3) is 0 Å². The second-order valence-corrected chi connectivity index (χ2v) is 4.53. The summed E-state index contributed by atoms with van der Waals surface area (Å²) in [4.78, 5) is 0. The van der Waals surface area contributed by atoms with Gasteiger partial charge in [-0.2, -0.15) is 5.10 Å². The summed E-state index contributed by atoms with van der Waals surface area (Å²) in [7, 11) is 1.66. The molecule has 3 rings (SSSR count). The van der Waals surface area contributed by atoms with E-state index in [-0.39, 0.29) is 6.10 Å². The highest BCUT2D eigenvalue weighted by molar-refractivity contribution is 5.46. The summed E-state index contributed by atoms with van der Waals surface area (Å²) >= 11 is 0. The number of para-hydroxylation sites is 2. The molecule has 0 radical (unpaired) electrons. The molecule has 1 aromatic heterocycles. The number of methoxy groups -OCH3 is 1. The molecule has 1 aliphatic rings. The molecule has 0 amide bonds. The Kier molecular flexibility index (Phi) is 3.37. The number of hydrogen-bond donors (Lipinski definition) is 1. The van der Waals surface area contributed by atoms with E-state index in [2.05, 4.69) is 10.4 Å². The van der Waals surface area contributed by atoms with Crippen molar-refractivity contribution >= 4 is 0 Å². The summed E-state index contributed by atoms with van der Waals surface area (Å²) in [5.41, 5.74) is 0.907. The van der Waals surface area contributed by atoms with Crippen molar-refractivity contribution in [1.82, 2.24) is 15.1 Å². The maximum atomic E-state index is 5.86. The lowest BCUT2D eigenvalue weighted by atomic mass is 10.3. The summed E-state index contributed by atoms with van der Waals surface area (Å²) in [5.74, 6) is 1.58. The molecule has 1 unspecified atom stereocenters. The van der Waals surface area contributed by atoms with Gasteiger partial charge in [0, 0.05) is 6.54 Å². The van der Waals surface area contributed by atoms with Gasteiger partial charge in [-0.15, -0.1) is 0 Å². The van der Waals surface area contributed by atoms with Crippen molar-refractivity contribution < 1.29 is 9.47 Å². The number of nitrogens with zero attached hydrogens (tertiary/aromatic N) is 2. The molecule has 100 valence electrons. The second-order valence-electron chi connectivity index (χ2n) is 4.53.